The van der Waals surface area contributed by atoms with Gasteiger partial charge in [-0.25, -0.2) is 4.79 Å². The highest BCUT2D eigenvalue weighted by Gasteiger charge is 2.30. The Morgan fingerprint density at radius 2 is 2.00 bits per heavy atom. The molecule has 0 aromatic heterocycles. The van der Waals surface area contributed by atoms with Crippen molar-refractivity contribution in [3.63, 3.8) is 0 Å². The summed E-state index contributed by atoms with van der Waals surface area (Å²) >= 11 is 5.92. The van der Waals surface area contributed by atoms with E-state index in [1.54, 1.807) is 4.90 Å². The monoisotopic (exact) mass is 374 g/mol. The van der Waals surface area contributed by atoms with Gasteiger partial charge in [0.25, 0.3) is 11.6 Å². The first-order valence-corrected chi connectivity index (χ1v) is 8.30. The van der Waals surface area contributed by atoms with Crippen LogP contribution in [-0.4, -0.2) is 29.4 Å². The normalized spacial score (nSPS) is 13.8. The van der Waals surface area contributed by atoms with E-state index in [0.717, 1.165) is 29.8 Å². The summed E-state index contributed by atoms with van der Waals surface area (Å²) in [5.74, 6) is -1.14. The Kier molecular flexibility index (Phi) is 4.90. The van der Waals surface area contributed by atoms with E-state index in [9.17, 15) is 19.7 Å². The number of carbonyl (C=O) groups excluding carboxylic acids is 2. The molecule has 3 rings (SSSR count). The number of hydrogen-bond acceptors (Lipinski definition) is 5. The van der Waals surface area contributed by atoms with E-state index >= 15 is 0 Å². The van der Waals surface area contributed by atoms with E-state index in [2.05, 4.69) is 0 Å². The standard InChI is InChI=1S/C18H15ClN2O5/c1-11(17(22)20-9-8-12-4-2-3-5-16(12)20)26-18(23)14-7-6-13(21(24)25)10-15(14)19/h2-7,10-11H,8-9H2,1H3/t11-/m1/s1. The highest BCUT2D eigenvalue weighted by Crippen LogP contribution is 2.29. The molecule has 2 aromatic rings. The van der Waals surface area contributed by atoms with Crippen molar-refractivity contribution in [1.82, 2.24) is 0 Å². The van der Waals surface area contributed by atoms with Crippen molar-refractivity contribution in [3.8, 4) is 0 Å². The minimum absolute atomic E-state index is 0.0289. The van der Waals surface area contributed by atoms with Gasteiger partial charge in [0.05, 0.1) is 15.5 Å². The van der Waals surface area contributed by atoms with Crippen LogP contribution in [0.4, 0.5) is 11.4 Å². The molecule has 0 radical (unpaired) electrons. The summed E-state index contributed by atoms with van der Waals surface area (Å²) < 4.78 is 5.22. The molecule has 1 aliphatic heterocycles. The van der Waals surface area contributed by atoms with Crippen LogP contribution >= 0.6 is 11.6 Å². The Hall–Kier alpha value is -2.93. The van der Waals surface area contributed by atoms with E-state index in [-0.39, 0.29) is 22.2 Å². The zero-order chi connectivity index (χ0) is 18.8. The lowest BCUT2D eigenvalue weighted by Gasteiger charge is -2.21. The summed E-state index contributed by atoms with van der Waals surface area (Å²) in [6.07, 6.45) is -0.267. The number of amides is 1. The molecule has 0 saturated heterocycles. The van der Waals surface area contributed by atoms with Gasteiger partial charge in [-0.1, -0.05) is 29.8 Å². The predicted octanol–water partition coefficient (Wildman–Crippen LogP) is 3.38. The molecule has 134 valence electrons. The number of nitro benzene ring substituents is 1. The van der Waals surface area contributed by atoms with Crippen molar-refractivity contribution in [2.24, 2.45) is 0 Å². The van der Waals surface area contributed by atoms with Crippen LogP contribution in [0.2, 0.25) is 5.02 Å². The van der Waals surface area contributed by atoms with Crippen LogP contribution < -0.4 is 4.90 Å². The molecule has 0 fully saturated rings. The average molecular weight is 375 g/mol. The summed E-state index contributed by atoms with van der Waals surface area (Å²) in [7, 11) is 0. The van der Waals surface area contributed by atoms with Crippen LogP contribution in [0.3, 0.4) is 0 Å². The van der Waals surface area contributed by atoms with Gasteiger partial charge in [-0.15, -0.1) is 0 Å². The van der Waals surface area contributed by atoms with Gasteiger partial charge >= 0.3 is 5.97 Å². The first-order chi connectivity index (χ1) is 12.4. The number of esters is 1. The highest BCUT2D eigenvalue weighted by atomic mass is 35.5. The van der Waals surface area contributed by atoms with Crippen molar-refractivity contribution >= 4 is 34.9 Å². The zero-order valence-corrected chi connectivity index (χ0v) is 14.6. The maximum atomic E-state index is 12.6. The summed E-state index contributed by atoms with van der Waals surface area (Å²) in [5.41, 5.74) is 1.62. The highest BCUT2D eigenvalue weighted by molar-refractivity contribution is 6.33. The van der Waals surface area contributed by atoms with Crippen LogP contribution in [0.5, 0.6) is 0 Å². The van der Waals surface area contributed by atoms with Crippen LogP contribution in [0, 0.1) is 10.1 Å². The van der Waals surface area contributed by atoms with Gasteiger partial charge in [0.2, 0.25) is 0 Å². The van der Waals surface area contributed by atoms with Crippen LogP contribution in [0.15, 0.2) is 42.5 Å². The maximum absolute atomic E-state index is 12.6. The minimum atomic E-state index is -1.01. The first kappa shape index (κ1) is 17.9. The SMILES string of the molecule is C[C@@H](OC(=O)c1ccc([N+](=O)[O-])cc1Cl)C(=O)N1CCc2ccccc21. The molecule has 1 aliphatic rings. The number of fused-ring (bicyclic) bond motifs is 1. The number of rotatable bonds is 4. The maximum Gasteiger partial charge on any atom is 0.340 e. The fourth-order valence-corrected chi connectivity index (χ4v) is 3.10. The van der Waals surface area contributed by atoms with Crippen molar-refractivity contribution in [2.75, 3.05) is 11.4 Å². The molecule has 1 amide bonds. The Balaban J connectivity index is 1.72. The van der Waals surface area contributed by atoms with Crippen LogP contribution in [-0.2, 0) is 16.0 Å². The largest absolute Gasteiger partial charge is 0.449 e. The number of benzene rings is 2. The van der Waals surface area contributed by atoms with Gasteiger partial charge in [-0.2, -0.15) is 0 Å². The molecule has 2 aromatic carbocycles. The second-order valence-electron chi connectivity index (χ2n) is 5.84. The van der Waals surface area contributed by atoms with Gasteiger partial charge in [0.1, 0.15) is 0 Å². The number of nitro groups is 1. The molecule has 7 nitrogen and oxygen atoms in total. The molecule has 26 heavy (non-hydrogen) atoms. The summed E-state index contributed by atoms with van der Waals surface area (Å²) in [4.78, 5) is 36.6. The zero-order valence-electron chi connectivity index (χ0n) is 13.8. The molecular weight excluding hydrogens is 360 g/mol. The fraction of sp³-hybridized carbons (Fsp3) is 0.222. The molecule has 0 N–H and O–H groups in total. The number of nitrogens with zero attached hydrogens (tertiary/aromatic N) is 2. The Morgan fingerprint density at radius 3 is 2.69 bits per heavy atom. The molecule has 8 heteroatoms. The molecular formula is C18H15ClN2O5. The number of anilines is 1. The smallest absolute Gasteiger partial charge is 0.340 e. The number of ether oxygens (including phenoxy) is 1. The van der Waals surface area contributed by atoms with Gasteiger partial charge < -0.3 is 9.64 Å². The molecule has 0 bridgehead atoms. The lowest BCUT2D eigenvalue weighted by atomic mass is 10.2. The van der Waals surface area contributed by atoms with E-state index < -0.39 is 17.0 Å². The Labute approximate surface area is 154 Å². The topological polar surface area (TPSA) is 89.7 Å². The summed E-state index contributed by atoms with van der Waals surface area (Å²) in [6.45, 7) is 2.01. The van der Waals surface area contributed by atoms with Crippen LogP contribution in [0.1, 0.15) is 22.8 Å². The van der Waals surface area contributed by atoms with Gasteiger partial charge in [-0.05, 0) is 31.0 Å². The molecule has 0 spiro atoms. The quantitative estimate of drug-likeness (QED) is 0.465. The van der Waals surface area contributed by atoms with Crippen molar-refractivity contribution in [2.45, 2.75) is 19.4 Å². The third-order valence-electron chi connectivity index (χ3n) is 4.17. The second-order valence-corrected chi connectivity index (χ2v) is 6.24. The van der Waals surface area contributed by atoms with Crippen LogP contribution in [0.25, 0.3) is 0 Å². The summed E-state index contributed by atoms with van der Waals surface area (Å²) in [5, 5.41) is 10.6. The van der Waals surface area contributed by atoms with E-state index in [1.807, 2.05) is 24.3 Å². The third kappa shape index (κ3) is 3.39. The number of para-hydroxylation sites is 1. The second kappa shape index (κ2) is 7.13. The first-order valence-electron chi connectivity index (χ1n) is 7.92. The minimum Gasteiger partial charge on any atom is -0.449 e. The van der Waals surface area contributed by atoms with E-state index in [0.29, 0.717) is 6.54 Å². The lowest BCUT2D eigenvalue weighted by molar-refractivity contribution is -0.384. The van der Waals surface area contributed by atoms with Gasteiger partial charge in [0.15, 0.2) is 6.10 Å². The molecule has 1 atom stereocenters. The molecule has 0 unspecified atom stereocenters. The molecule has 0 aliphatic carbocycles. The average Bonchev–Trinajstić information content (AvgIpc) is 3.04. The predicted molar refractivity (Wildman–Crippen MR) is 95.5 cm³/mol. The van der Waals surface area contributed by atoms with E-state index in [4.69, 9.17) is 16.3 Å². The fourth-order valence-electron chi connectivity index (χ4n) is 2.84. The van der Waals surface area contributed by atoms with Crippen molar-refractivity contribution in [1.29, 1.82) is 0 Å². The Morgan fingerprint density at radius 1 is 1.27 bits per heavy atom. The number of hydrogen-bond donors (Lipinski definition) is 0. The van der Waals surface area contributed by atoms with Gasteiger partial charge in [0, 0.05) is 24.4 Å². The lowest BCUT2D eigenvalue weighted by Crippen LogP contribution is -2.39. The van der Waals surface area contributed by atoms with E-state index in [1.165, 1.54) is 13.0 Å². The number of carbonyl (C=O) groups is 2. The number of non-ortho nitro benzene ring substituents is 1. The summed E-state index contributed by atoms with van der Waals surface area (Å²) in [6, 6.07) is 11.0. The third-order valence-corrected chi connectivity index (χ3v) is 4.48. The number of halogens is 1. The molecule has 0 saturated carbocycles. The van der Waals surface area contributed by atoms with Crippen molar-refractivity contribution < 1.29 is 19.2 Å². The van der Waals surface area contributed by atoms with Crippen molar-refractivity contribution in [3.05, 3.63) is 68.7 Å². The Bertz CT molecular complexity index is 899. The molecule has 1 heterocycles. The van der Waals surface area contributed by atoms with Gasteiger partial charge in [-0.3, -0.25) is 14.9 Å².